The van der Waals surface area contributed by atoms with Gasteiger partial charge in [-0.3, -0.25) is 10.3 Å². The fraction of sp³-hybridized carbons (Fsp3) is 0.286. The van der Waals surface area contributed by atoms with Gasteiger partial charge in [0.1, 0.15) is 0 Å². The van der Waals surface area contributed by atoms with Crippen LogP contribution >= 0.6 is 15.9 Å². The molecule has 0 atom stereocenters. The lowest BCUT2D eigenvalue weighted by molar-refractivity contribution is 0.214. The molecule has 0 aliphatic heterocycles. The second-order valence-electron chi connectivity index (χ2n) is 4.22. The number of anilines is 1. The van der Waals surface area contributed by atoms with Crippen molar-refractivity contribution in [1.29, 1.82) is 0 Å². The van der Waals surface area contributed by atoms with Crippen LogP contribution in [-0.4, -0.2) is 29.0 Å². The van der Waals surface area contributed by atoms with Crippen molar-refractivity contribution in [3.05, 3.63) is 46.9 Å². The van der Waals surface area contributed by atoms with Crippen LogP contribution in [0.25, 0.3) is 0 Å². The first kappa shape index (κ1) is 14.6. The highest BCUT2D eigenvalue weighted by molar-refractivity contribution is 9.10. The van der Waals surface area contributed by atoms with Gasteiger partial charge in [-0.25, -0.2) is 4.79 Å². The minimum absolute atomic E-state index is 0.164. The Morgan fingerprint density at radius 1 is 1.35 bits per heavy atom. The van der Waals surface area contributed by atoms with Gasteiger partial charge in [0, 0.05) is 31.5 Å². The molecule has 0 radical (unpaired) electrons. The number of carbonyl (C=O) groups excluding carboxylic acids is 1. The Morgan fingerprint density at radius 3 is 2.70 bits per heavy atom. The van der Waals surface area contributed by atoms with E-state index in [1.165, 1.54) is 0 Å². The molecule has 0 aliphatic rings. The molecule has 0 bridgehead atoms. The summed E-state index contributed by atoms with van der Waals surface area (Å²) in [4.78, 5) is 17.8. The largest absolute Gasteiger partial charge is 0.434 e. The molecule has 2 rings (SSSR count). The van der Waals surface area contributed by atoms with Crippen LogP contribution in [0, 0.1) is 0 Å². The number of aromatic nitrogens is 1. The van der Waals surface area contributed by atoms with Crippen LogP contribution in [0.4, 0.5) is 10.7 Å². The third-order valence-corrected chi connectivity index (χ3v) is 3.32. The van der Waals surface area contributed by atoms with Crippen LogP contribution in [0.5, 0.6) is 0 Å². The molecule has 0 saturated heterocycles. The zero-order valence-corrected chi connectivity index (χ0v) is 12.8. The Balaban J connectivity index is 1.89. The molecule has 5 nitrogen and oxygen atoms in total. The van der Waals surface area contributed by atoms with Gasteiger partial charge >= 0.3 is 6.03 Å². The van der Waals surface area contributed by atoms with Gasteiger partial charge < -0.3 is 9.32 Å². The average molecular weight is 338 g/mol. The van der Waals surface area contributed by atoms with Gasteiger partial charge in [-0.2, -0.15) is 0 Å². The van der Waals surface area contributed by atoms with E-state index in [4.69, 9.17) is 4.42 Å². The standard InChI is InChI=1S/C14H16BrN3O2/c1-2-18(10-7-11-5-8-16-9-6-11)14(19)17-13-4-3-12(15)20-13/h3-6,8-9H,2,7,10H2,1H3,(H,17,19). The number of nitrogens with one attached hydrogen (secondary N) is 1. The van der Waals surface area contributed by atoms with Crippen LogP contribution in [0.1, 0.15) is 12.5 Å². The summed E-state index contributed by atoms with van der Waals surface area (Å²) in [5.74, 6) is 0.434. The average Bonchev–Trinajstić information content (AvgIpc) is 2.86. The van der Waals surface area contributed by atoms with Crippen LogP contribution in [-0.2, 0) is 6.42 Å². The summed E-state index contributed by atoms with van der Waals surface area (Å²) in [6, 6.07) is 7.19. The number of amides is 2. The fourth-order valence-electron chi connectivity index (χ4n) is 1.78. The van der Waals surface area contributed by atoms with Crippen molar-refractivity contribution in [2.24, 2.45) is 0 Å². The minimum Gasteiger partial charge on any atom is -0.434 e. The van der Waals surface area contributed by atoms with E-state index in [2.05, 4.69) is 26.2 Å². The zero-order chi connectivity index (χ0) is 14.4. The maximum Gasteiger partial charge on any atom is 0.324 e. The second kappa shape index (κ2) is 7.09. The second-order valence-corrected chi connectivity index (χ2v) is 5.00. The number of nitrogens with zero attached hydrogens (tertiary/aromatic N) is 2. The molecule has 2 aromatic rings. The molecule has 106 valence electrons. The lowest BCUT2D eigenvalue weighted by Crippen LogP contribution is -2.36. The van der Waals surface area contributed by atoms with Gasteiger partial charge in [-0.05, 0) is 53.0 Å². The quantitative estimate of drug-likeness (QED) is 0.907. The summed E-state index contributed by atoms with van der Waals surface area (Å²) in [5, 5.41) is 2.73. The Kier molecular flexibility index (Phi) is 5.17. The van der Waals surface area contributed by atoms with Gasteiger partial charge in [-0.1, -0.05) is 0 Å². The van der Waals surface area contributed by atoms with Gasteiger partial charge in [0.2, 0.25) is 5.88 Å². The summed E-state index contributed by atoms with van der Waals surface area (Å²) >= 11 is 3.20. The molecule has 0 saturated carbocycles. The van der Waals surface area contributed by atoms with E-state index in [0.29, 0.717) is 23.6 Å². The fourth-order valence-corrected chi connectivity index (χ4v) is 2.09. The molecule has 2 aromatic heterocycles. The van der Waals surface area contributed by atoms with E-state index >= 15 is 0 Å². The predicted octanol–water partition coefficient (Wildman–Crippen LogP) is 3.53. The summed E-state index contributed by atoms with van der Waals surface area (Å²) in [7, 11) is 0. The van der Waals surface area contributed by atoms with E-state index in [1.807, 2.05) is 19.1 Å². The number of halogens is 1. The molecular formula is C14H16BrN3O2. The summed E-state index contributed by atoms with van der Waals surface area (Å²) < 4.78 is 5.85. The minimum atomic E-state index is -0.164. The Morgan fingerprint density at radius 2 is 2.10 bits per heavy atom. The first-order valence-electron chi connectivity index (χ1n) is 6.39. The Bertz CT molecular complexity index is 557. The third kappa shape index (κ3) is 4.09. The smallest absolute Gasteiger partial charge is 0.324 e. The number of likely N-dealkylation sites (N-methyl/N-ethyl adjacent to an activating group) is 1. The van der Waals surface area contributed by atoms with Crippen molar-refractivity contribution in [3.63, 3.8) is 0 Å². The first-order valence-corrected chi connectivity index (χ1v) is 7.18. The maximum atomic E-state index is 12.1. The number of furan rings is 1. The molecule has 20 heavy (non-hydrogen) atoms. The van der Waals surface area contributed by atoms with Crippen molar-refractivity contribution in [2.75, 3.05) is 18.4 Å². The number of carbonyl (C=O) groups is 1. The number of hydrogen-bond donors (Lipinski definition) is 1. The monoisotopic (exact) mass is 337 g/mol. The highest BCUT2D eigenvalue weighted by Crippen LogP contribution is 2.18. The summed E-state index contributed by atoms with van der Waals surface area (Å²) in [6.45, 7) is 3.23. The van der Waals surface area contributed by atoms with Gasteiger partial charge in [0.25, 0.3) is 0 Å². The zero-order valence-electron chi connectivity index (χ0n) is 11.2. The third-order valence-electron chi connectivity index (χ3n) is 2.89. The molecule has 2 amide bonds. The Hall–Kier alpha value is -1.82. The highest BCUT2D eigenvalue weighted by atomic mass is 79.9. The van der Waals surface area contributed by atoms with Crippen molar-refractivity contribution >= 4 is 27.8 Å². The van der Waals surface area contributed by atoms with Crippen molar-refractivity contribution in [3.8, 4) is 0 Å². The maximum absolute atomic E-state index is 12.1. The molecular weight excluding hydrogens is 322 g/mol. The number of hydrogen-bond acceptors (Lipinski definition) is 3. The van der Waals surface area contributed by atoms with E-state index in [-0.39, 0.29) is 6.03 Å². The van der Waals surface area contributed by atoms with E-state index in [0.717, 1.165) is 12.0 Å². The first-order chi connectivity index (χ1) is 9.69. The lowest BCUT2D eigenvalue weighted by atomic mass is 10.2. The number of pyridine rings is 1. The SMILES string of the molecule is CCN(CCc1ccncc1)C(=O)Nc1ccc(Br)o1. The topological polar surface area (TPSA) is 58.4 Å². The molecule has 0 fully saturated rings. The van der Waals surface area contributed by atoms with Crippen LogP contribution in [0.3, 0.4) is 0 Å². The molecule has 0 aromatic carbocycles. The molecule has 6 heteroatoms. The van der Waals surface area contributed by atoms with E-state index < -0.39 is 0 Å². The van der Waals surface area contributed by atoms with Crippen molar-refractivity contribution < 1.29 is 9.21 Å². The van der Waals surface area contributed by atoms with Crippen LogP contribution < -0.4 is 5.32 Å². The normalized spacial score (nSPS) is 10.3. The van der Waals surface area contributed by atoms with Gasteiger partial charge in [-0.15, -0.1) is 0 Å². The Labute approximate surface area is 126 Å². The van der Waals surface area contributed by atoms with Crippen LogP contribution in [0.15, 0.2) is 45.7 Å². The molecule has 0 unspecified atom stereocenters. The summed E-state index contributed by atoms with van der Waals surface area (Å²) in [6.07, 6.45) is 4.31. The number of urea groups is 1. The van der Waals surface area contributed by atoms with Gasteiger partial charge in [0.05, 0.1) is 0 Å². The van der Waals surface area contributed by atoms with E-state index in [9.17, 15) is 4.79 Å². The predicted molar refractivity (Wildman–Crippen MR) is 80.6 cm³/mol. The molecule has 0 aliphatic carbocycles. The van der Waals surface area contributed by atoms with Crippen molar-refractivity contribution in [2.45, 2.75) is 13.3 Å². The summed E-state index contributed by atoms with van der Waals surface area (Å²) in [5.41, 5.74) is 1.16. The highest BCUT2D eigenvalue weighted by Gasteiger charge is 2.13. The van der Waals surface area contributed by atoms with Gasteiger partial charge in [0.15, 0.2) is 4.67 Å². The lowest BCUT2D eigenvalue weighted by Gasteiger charge is -2.20. The van der Waals surface area contributed by atoms with Crippen molar-refractivity contribution in [1.82, 2.24) is 9.88 Å². The molecule has 0 spiro atoms. The number of rotatable bonds is 5. The van der Waals surface area contributed by atoms with E-state index in [1.54, 1.807) is 29.4 Å². The van der Waals surface area contributed by atoms with Crippen LogP contribution in [0.2, 0.25) is 0 Å². The molecule has 1 N–H and O–H groups in total. The molecule has 2 heterocycles.